The van der Waals surface area contributed by atoms with Gasteiger partial charge in [-0.05, 0) is 26.5 Å². The summed E-state index contributed by atoms with van der Waals surface area (Å²) in [5.41, 5.74) is 1.65. The lowest BCUT2D eigenvalue weighted by Crippen LogP contribution is -2.45. The van der Waals surface area contributed by atoms with Crippen molar-refractivity contribution >= 4 is 11.9 Å². The Labute approximate surface area is 155 Å². The Kier molecular flexibility index (Phi) is 5.83. The number of rotatable bonds is 5. The minimum Gasteiger partial charge on any atom is -0.338 e. The highest BCUT2D eigenvalue weighted by Crippen LogP contribution is 2.15. The molecule has 0 unspecified atom stereocenters. The van der Waals surface area contributed by atoms with Gasteiger partial charge in [-0.3, -0.25) is 4.79 Å². The minimum atomic E-state index is -0.0335. The van der Waals surface area contributed by atoms with Crippen LogP contribution >= 0.6 is 0 Å². The molecule has 0 N–H and O–H groups in total. The third kappa shape index (κ3) is 4.38. The summed E-state index contributed by atoms with van der Waals surface area (Å²) in [5, 5.41) is 0. The Morgan fingerprint density at radius 3 is 2.27 bits per heavy atom. The van der Waals surface area contributed by atoms with Crippen LogP contribution in [0.2, 0.25) is 0 Å². The van der Waals surface area contributed by atoms with Gasteiger partial charge in [0.2, 0.25) is 5.95 Å². The number of hydrogen-bond acceptors (Lipinski definition) is 5. The number of aromatic nitrogens is 2. The molecule has 1 fully saturated rings. The van der Waals surface area contributed by atoms with Gasteiger partial charge in [0, 0.05) is 51.2 Å². The fraction of sp³-hybridized carbons (Fsp3) is 0.450. The zero-order valence-electron chi connectivity index (χ0n) is 15.8. The Balaban J connectivity index is 1.71. The third-order valence-electron chi connectivity index (χ3n) is 4.75. The van der Waals surface area contributed by atoms with E-state index in [1.165, 1.54) is 0 Å². The van der Waals surface area contributed by atoms with E-state index >= 15 is 0 Å². The van der Waals surface area contributed by atoms with E-state index in [0.29, 0.717) is 18.1 Å². The third-order valence-corrected chi connectivity index (χ3v) is 4.75. The summed E-state index contributed by atoms with van der Waals surface area (Å²) in [4.78, 5) is 28.1. The normalized spacial score (nSPS) is 15.3. The molecule has 0 bridgehead atoms. The lowest BCUT2D eigenvalue weighted by Gasteiger charge is -2.32. The van der Waals surface area contributed by atoms with Crippen molar-refractivity contribution in [2.75, 3.05) is 38.1 Å². The first-order chi connectivity index (χ1) is 12.5. The fourth-order valence-electron chi connectivity index (χ4n) is 3.04. The number of anilines is 1. The van der Waals surface area contributed by atoms with Crippen LogP contribution in [-0.4, -0.2) is 64.9 Å². The molecular weight excluding hydrogens is 326 g/mol. The van der Waals surface area contributed by atoms with Gasteiger partial charge < -0.3 is 14.7 Å². The highest BCUT2D eigenvalue weighted by molar-refractivity contribution is 5.93. The van der Waals surface area contributed by atoms with Crippen molar-refractivity contribution in [3.63, 3.8) is 0 Å². The Morgan fingerprint density at radius 1 is 1.08 bits per heavy atom. The van der Waals surface area contributed by atoms with Gasteiger partial charge in [-0.2, -0.15) is 0 Å². The maximum absolute atomic E-state index is 12.9. The molecule has 1 aromatic heterocycles. The first-order valence-corrected chi connectivity index (χ1v) is 9.15. The second kappa shape index (κ2) is 8.27. The van der Waals surface area contributed by atoms with E-state index in [-0.39, 0.29) is 11.9 Å². The van der Waals surface area contributed by atoms with Gasteiger partial charge in [0.15, 0.2) is 0 Å². The SMILES string of the molecule is CC(C)N(Cc1ccccc1)C(=O)c1cnc(N2CCN(C)CC2)nc1. The number of carbonyl (C=O) groups excluding carboxylic acids is 1. The molecular formula is C20H27N5O. The van der Waals surface area contributed by atoms with Crippen LogP contribution in [0, 0.1) is 0 Å². The minimum absolute atomic E-state index is 0.0335. The van der Waals surface area contributed by atoms with Crippen molar-refractivity contribution in [2.24, 2.45) is 0 Å². The molecule has 1 amide bonds. The molecule has 0 saturated carbocycles. The van der Waals surface area contributed by atoms with E-state index in [1.807, 2.05) is 49.1 Å². The average Bonchev–Trinajstić information content (AvgIpc) is 2.67. The van der Waals surface area contributed by atoms with Crippen molar-refractivity contribution in [2.45, 2.75) is 26.4 Å². The van der Waals surface area contributed by atoms with Crippen LogP contribution in [0.4, 0.5) is 5.95 Å². The number of carbonyl (C=O) groups is 1. The predicted molar refractivity (Wildman–Crippen MR) is 103 cm³/mol. The van der Waals surface area contributed by atoms with Crippen molar-refractivity contribution in [3.05, 3.63) is 53.9 Å². The second-order valence-electron chi connectivity index (χ2n) is 7.07. The summed E-state index contributed by atoms with van der Waals surface area (Å²) in [5.74, 6) is 0.669. The van der Waals surface area contributed by atoms with Crippen LogP contribution < -0.4 is 4.90 Å². The van der Waals surface area contributed by atoms with E-state index in [1.54, 1.807) is 12.4 Å². The topological polar surface area (TPSA) is 52.6 Å². The van der Waals surface area contributed by atoms with Crippen LogP contribution in [0.3, 0.4) is 0 Å². The Bertz CT molecular complexity index is 709. The molecule has 1 aromatic carbocycles. The molecule has 6 nitrogen and oxygen atoms in total. The van der Waals surface area contributed by atoms with Gasteiger partial charge >= 0.3 is 0 Å². The maximum Gasteiger partial charge on any atom is 0.257 e. The largest absolute Gasteiger partial charge is 0.338 e. The van der Waals surface area contributed by atoms with Gasteiger partial charge in [-0.15, -0.1) is 0 Å². The summed E-state index contributed by atoms with van der Waals surface area (Å²) in [6.07, 6.45) is 3.31. The van der Waals surface area contributed by atoms with Crippen LogP contribution in [0.5, 0.6) is 0 Å². The summed E-state index contributed by atoms with van der Waals surface area (Å²) < 4.78 is 0. The average molecular weight is 353 g/mol. The van der Waals surface area contributed by atoms with Crippen molar-refractivity contribution in [3.8, 4) is 0 Å². The first kappa shape index (κ1) is 18.3. The van der Waals surface area contributed by atoms with E-state index in [9.17, 15) is 4.79 Å². The summed E-state index contributed by atoms with van der Waals surface area (Å²) in [6, 6.07) is 10.1. The number of piperazine rings is 1. The highest BCUT2D eigenvalue weighted by Gasteiger charge is 2.21. The van der Waals surface area contributed by atoms with Crippen molar-refractivity contribution in [1.29, 1.82) is 0 Å². The molecule has 3 rings (SSSR count). The van der Waals surface area contributed by atoms with Crippen molar-refractivity contribution < 1.29 is 4.79 Å². The quantitative estimate of drug-likeness (QED) is 0.825. The molecule has 1 saturated heterocycles. The number of likely N-dealkylation sites (N-methyl/N-ethyl adjacent to an activating group) is 1. The van der Waals surface area contributed by atoms with Crippen LogP contribution in [0.15, 0.2) is 42.7 Å². The summed E-state index contributed by atoms with van der Waals surface area (Å²) >= 11 is 0. The van der Waals surface area contributed by atoms with Crippen LogP contribution in [0.1, 0.15) is 29.8 Å². The first-order valence-electron chi connectivity index (χ1n) is 9.15. The molecule has 0 atom stereocenters. The molecule has 26 heavy (non-hydrogen) atoms. The smallest absolute Gasteiger partial charge is 0.257 e. The lowest BCUT2D eigenvalue weighted by molar-refractivity contribution is 0.0689. The van der Waals surface area contributed by atoms with Gasteiger partial charge in [0.1, 0.15) is 0 Å². The Hall–Kier alpha value is -2.47. The lowest BCUT2D eigenvalue weighted by atomic mass is 10.1. The molecule has 0 aliphatic carbocycles. The standard InChI is InChI=1S/C20H27N5O/c1-16(2)25(15-17-7-5-4-6-8-17)19(26)18-13-21-20(22-14-18)24-11-9-23(3)10-12-24/h4-8,13-14,16H,9-12,15H2,1-3H3. The van der Waals surface area contributed by atoms with Gasteiger partial charge in [0.25, 0.3) is 5.91 Å². The highest BCUT2D eigenvalue weighted by atomic mass is 16.2. The fourth-order valence-corrected chi connectivity index (χ4v) is 3.04. The number of amides is 1. The maximum atomic E-state index is 12.9. The molecule has 2 heterocycles. The zero-order chi connectivity index (χ0) is 18.5. The predicted octanol–water partition coefficient (Wildman–Crippen LogP) is 2.28. The van der Waals surface area contributed by atoms with E-state index in [2.05, 4.69) is 26.8 Å². The van der Waals surface area contributed by atoms with E-state index < -0.39 is 0 Å². The summed E-state index contributed by atoms with van der Waals surface area (Å²) in [7, 11) is 2.12. The monoisotopic (exact) mass is 353 g/mol. The number of hydrogen-bond donors (Lipinski definition) is 0. The van der Waals surface area contributed by atoms with Gasteiger partial charge in [-0.1, -0.05) is 30.3 Å². The van der Waals surface area contributed by atoms with Gasteiger partial charge in [-0.25, -0.2) is 9.97 Å². The molecule has 2 aromatic rings. The summed E-state index contributed by atoms with van der Waals surface area (Å²) in [6.45, 7) is 8.47. The zero-order valence-corrected chi connectivity index (χ0v) is 15.8. The Morgan fingerprint density at radius 2 is 1.69 bits per heavy atom. The van der Waals surface area contributed by atoms with E-state index in [0.717, 1.165) is 31.7 Å². The van der Waals surface area contributed by atoms with E-state index in [4.69, 9.17) is 0 Å². The molecule has 1 aliphatic heterocycles. The molecule has 0 spiro atoms. The van der Waals surface area contributed by atoms with Crippen LogP contribution in [-0.2, 0) is 6.54 Å². The van der Waals surface area contributed by atoms with Crippen molar-refractivity contribution in [1.82, 2.24) is 19.8 Å². The molecule has 1 aliphatic rings. The van der Waals surface area contributed by atoms with Crippen LogP contribution in [0.25, 0.3) is 0 Å². The second-order valence-corrected chi connectivity index (χ2v) is 7.07. The molecule has 0 radical (unpaired) electrons. The number of benzene rings is 1. The van der Waals surface area contributed by atoms with Gasteiger partial charge in [0.05, 0.1) is 5.56 Å². The molecule has 138 valence electrons. The number of nitrogens with zero attached hydrogens (tertiary/aromatic N) is 5. The molecule has 6 heteroatoms.